The summed E-state index contributed by atoms with van der Waals surface area (Å²) in [6.07, 6.45) is 0.345. The Kier molecular flexibility index (Phi) is 6.76. The van der Waals surface area contributed by atoms with Gasteiger partial charge in [0, 0.05) is 28.7 Å². The monoisotopic (exact) mass is 366 g/mol. The first-order valence-corrected chi connectivity index (χ1v) is 8.45. The van der Waals surface area contributed by atoms with Crippen molar-refractivity contribution in [3.8, 4) is 5.75 Å². The summed E-state index contributed by atoms with van der Waals surface area (Å²) in [7, 11) is 0. The molecule has 1 amide bonds. The van der Waals surface area contributed by atoms with E-state index in [2.05, 4.69) is 10.6 Å². The first-order valence-electron chi connectivity index (χ1n) is 7.69. The van der Waals surface area contributed by atoms with Gasteiger partial charge >= 0.3 is 0 Å². The largest absolute Gasteiger partial charge is 0.489 e. The number of hydrogen-bond donors (Lipinski definition) is 2. The number of amides is 1. The number of para-hydroxylation sites is 2. The van der Waals surface area contributed by atoms with Crippen molar-refractivity contribution >= 4 is 40.5 Å². The molecule has 0 aliphatic heterocycles. The van der Waals surface area contributed by atoms with Gasteiger partial charge in [-0.2, -0.15) is 0 Å². The Labute approximate surface area is 152 Å². The summed E-state index contributed by atoms with van der Waals surface area (Å²) in [5, 5.41) is 7.10. The Morgan fingerprint density at radius 3 is 2.46 bits per heavy atom. The third-order valence-corrected chi connectivity index (χ3v) is 3.50. The molecule has 128 valence electrons. The van der Waals surface area contributed by atoms with Crippen molar-refractivity contribution in [2.75, 3.05) is 17.2 Å². The van der Waals surface area contributed by atoms with Gasteiger partial charge in [0.05, 0.1) is 11.8 Å². The summed E-state index contributed by atoms with van der Waals surface area (Å²) in [5.74, 6) is 0.561. The minimum atomic E-state index is -0.101. The first-order chi connectivity index (χ1) is 11.4. The van der Waals surface area contributed by atoms with Crippen LogP contribution in [0.25, 0.3) is 0 Å². The molecule has 0 aromatic heterocycles. The number of hydrogen-bond acceptors (Lipinski definition) is 3. The predicted molar refractivity (Wildman–Crippen MR) is 100 cm³/mol. The third kappa shape index (κ3) is 5.95. The molecule has 0 saturated heterocycles. The highest BCUT2D eigenvalue weighted by atomic mass is 35.5. The van der Waals surface area contributed by atoms with Crippen LogP contribution in [0.5, 0.6) is 5.75 Å². The van der Waals surface area contributed by atoms with Crippen molar-refractivity contribution in [2.24, 2.45) is 0 Å². The quantitative estimate of drug-likeness (QED) is 0.705. The van der Waals surface area contributed by atoms with Crippen LogP contribution in [0, 0.1) is 0 Å². The van der Waals surface area contributed by atoms with E-state index < -0.39 is 0 Å². The molecule has 6 heteroatoms. The van der Waals surface area contributed by atoms with Crippen LogP contribution in [0.3, 0.4) is 0 Å². The van der Waals surface area contributed by atoms with Gasteiger partial charge in [-0.05, 0) is 44.2 Å². The van der Waals surface area contributed by atoms with Crippen molar-refractivity contribution in [2.45, 2.75) is 26.4 Å². The van der Waals surface area contributed by atoms with Crippen LogP contribution in [-0.2, 0) is 4.79 Å². The lowest BCUT2D eigenvalue weighted by Crippen LogP contribution is -2.17. The smallest absolute Gasteiger partial charge is 0.226 e. The minimum absolute atomic E-state index is 0.0392. The first kappa shape index (κ1) is 18.4. The second-order valence-corrected chi connectivity index (χ2v) is 6.42. The van der Waals surface area contributed by atoms with Crippen LogP contribution in [0.1, 0.15) is 20.3 Å². The Bertz CT molecular complexity index is 685. The molecule has 0 bridgehead atoms. The molecule has 2 aromatic carbocycles. The average molecular weight is 367 g/mol. The lowest BCUT2D eigenvalue weighted by molar-refractivity contribution is -0.116. The molecule has 2 rings (SSSR count). The van der Waals surface area contributed by atoms with E-state index in [1.165, 1.54) is 0 Å². The Morgan fingerprint density at radius 1 is 1.12 bits per heavy atom. The van der Waals surface area contributed by atoms with Crippen molar-refractivity contribution in [3.63, 3.8) is 0 Å². The molecule has 0 radical (unpaired) electrons. The van der Waals surface area contributed by atoms with Gasteiger partial charge in [-0.25, -0.2) is 0 Å². The van der Waals surface area contributed by atoms with Crippen molar-refractivity contribution in [1.29, 1.82) is 0 Å². The van der Waals surface area contributed by atoms with E-state index in [1.54, 1.807) is 18.2 Å². The van der Waals surface area contributed by atoms with Gasteiger partial charge in [0.2, 0.25) is 5.91 Å². The number of nitrogens with one attached hydrogen (secondary N) is 2. The maximum Gasteiger partial charge on any atom is 0.226 e. The van der Waals surface area contributed by atoms with Crippen molar-refractivity contribution in [3.05, 3.63) is 52.5 Å². The van der Waals surface area contributed by atoms with Crippen LogP contribution in [0.4, 0.5) is 11.4 Å². The van der Waals surface area contributed by atoms with Gasteiger partial charge in [-0.3, -0.25) is 4.79 Å². The van der Waals surface area contributed by atoms with E-state index >= 15 is 0 Å². The van der Waals surface area contributed by atoms with E-state index in [1.807, 2.05) is 38.1 Å². The Morgan fingerprint density at radius 2 is 1.79 bits per heavy atom. The molecule has 0 unspecified atom stereocenters. The number of benzene rings is 2. The molecule has 4 nitrogen and oxygen atoms in total. The van der Waals surface area contributed by atoms with Gasteiger partial charge in [0.15, 0.2) is 0 Å². The summed E-state index contributed by atoms with van der Waals surface area (Å²) in [6.45, 7) is 4.35. The van der Waals surface area contributed by atoms with Gasteiger partial charge in [-0.1, -0.05) is 35.3 Å². The van der Waals surface area contributed by atoms with E-state index in [0.29, 0.717) is 34.4 Å². The van der Waals surface area contributed by atoms with Gasteiger partial charge < -0.3 is 15.4 Å². The molecule has 0 spiro atoms. The fourth-order valence-corrected chi connectivity index (χ4v) is 2.64. The molecule has 0 atom stereocenters. The third-order valence-electron chi connectivity index (χ3n) is 3.07. The number of carbonyl (C=O) groups excluding carboxylic acids is 1. The number of carbonyl (C=O) groups is 1. The maximum atomic E-state index is 12.1. The minimum Gasteiger partial charge on any atom is -0.489 e. The fourth-order valence-electron chi connectivity index (χ4n) is 2.12. The summed E-state index contributed by atoms with van der Waals surface area (Å²) >= 11 is 11.9. The summed E-state index contributed by atoms with van der Waals surface area (Å²) in [5.41, 5.74) is 1.45. The highest BCUT2D eigenvalue weighted by Gasteiger charge is 2.08. The number of ether oxygens (including phenoxy) is 1. The van der Waals surface area contributed by atoms with Crippen molar-refractivity contribution < 1.29 is 9.53 Å². The van der Waals surface area contributed by atoms with E-state index in [4.69, 9.17) is 27.9 Å². The molecular weight excluding hydrogens is 347 g/mol. The zero-order chi connectivity index (χ0) is 17.5. The normalized spacial score (nSPS) is 10.5. The maximum absolute atomic E-state index is 12.1. The summed E-state index contributed by atoms with van der Waals surface area (Å²) < 4.78 is 5.69. The zero-order valence-electron chi connectivity index (χ0n) is 13.6. The molecule has 0 saturated carbocycles. The summed E-state index contributed by atoms with van der Waals surface area (Å²) in [6, 6.07) is 12.6. The summed E-state index contributed by atoms with van der Waals surface area (Å²) in [4.78, 5) is 12.1. The van der Waals surface area contributed by atoms with Crippen LogP contribution in [0.2, 0.25) is 10.0 Å². The molecular formula is C18H20Cl2N2O2. The van der Waals surface area contributed by atoms with Gasteiger partial charge in [-0.15, -0.1) is 0 Å². The Balaban J connectivity index is 1.87. The van der Waals surface area contributed by atoms with Crippen LogP contribution in [0.15, 0.2) is 42.5 Å². The standard InChI is InChI=1S/C18H20Cl2N2O2/c1-12(2)24-17-6-4-3-5-16(17)22-18(23)7-8-21-15-10-13(19)9-14(20)11-15/h3-6,9-12,21H,7-8H2,1-2H3,(H,22,23). The van der Waals surface area contributed by atoms with Crippen molar-refractivity contribution in [1.82, 2.24) is 0 Å². The highest BCUT2D eigenvalue weighted by molar-refractivity contribution is 6.35. The average Bonchev–Trinajstić information content (AvgIpc) is 2.48. The molecule has 0 heterocycles. The topological polar surface area (TPSA) is 50.4 Å². The molecule has 24 heavy (non-hydrogen) atoms. The number of rotatable bonds is 7. The lowest BCUT2D eigenvalue weighted by atomic mass is 10.2. The molecule has 2 aromatic rings. The van der Waals surface area contributed by atoms with E-state index in [0.717, 1.165) is 5.69 Å². The van der Waals surface area contributed by atoms with E-state index in [-0.39, 0.29) is 12.0 Å². The lowest BCUT2D eigenvalue weighted by Gasteiger charge is -2.15. The van der Waals surface area contributed by atoms with Crippen LogP contribution < -0.4 is 15.4 Å². The highest BCUT2D eigenvalue weighted by Crippen LogP contribution is 2.25. The number of halogens is 2. The second-order valence-electron chi connectivity index (χ2n) is 5.55. The second kappa shape index (κ2) is 8.81. The van der Waals surface area contributed by atoms with E-state index in [9.17, 15) is 4.79 Å². The molecule has 2 N–H and O–H groups in total. The fraction of sp³-hybridized carbons (Fsp3) is 0.278. The Hall–Kier alpha value is -1.91. The van der Waals surface area contributed by atoms with Gasteiger partial charge in [0.1, 0.15) is 5.75 Å². The van der Waals surface area contributed by atoms with Crippen LogP contribution >= 0.6 is 23.2 Å². The van der Waals surface area contributed by atoms with Gasteiger partial charge in [0.25, 0.3) is 0 Å². The number of anilines is 2. The molecule has 0 fully saturated rings. The zero-order valence-corrected chi connectivity index (χ0v) is 15.1. The predicted octanol–water partition coefficient (Wildman–Crippen LogP) is 5.22. The molecule has 0 aliphatic carbocycles. The SMILES string of the molecule is CC(C)Oc1ccccc1NC(=O)CCNc1cc(Cl)cc(Cl)c1. The van der Waals surface area contributed by atoms with Crippen LogP contribution in [-0.4, -0.2) is 18.6 Å². The molecule has 0 aliphatic rings.